The Morgan fingerprint density at radius 1 is 1.02 bits per heavy atom. The minimum absolute atomic E-state index is 0.00277. The monoisotopic (exact) mass is 587 g/mol. The Bertz CT molecular complexity index is 1310. The number of carboxylic acids is 1. The number of carbonyl (C=O) groups is 5. The summed E-state index contributed by atoms with van der Waals surface area (Å²) in [5, 5.41) is 14.0. The number of nitrogens with one attached hydrogen (secondary N) is 2. The number of nitrogens with zero attached hydrogens (tertiary/aromatic N) is 1. The van der Waals surface area contributed by atoms with Gasteiger partial charge < -0.3 is 25.4 Å². The zero-order chi connectivity index (χ0) is 29.6. The van der Waals surface area contributed by atoms with Crippen molar-refractivity contribution >= 4 is 46.8 Å². The van der Waals surface area contributed by atoms with Gasteiger partial charge >= 0.3 is 17.8 Å². The topological polar surface area (TPSA) is 142 Å². The summed E-state index contributed by atoms with van der Waals surface area (Å²) in [7, 11) is 0. The van der Waals surface area contributed by atoms with Crippen LogP contribution in [0.5, 0.6) is 5.75 Å². The van der Waals surface area contributed by atoms with Crippen molar-refractivity contribution in [2.45, 2.75) is 25.3 Å². The maximum absolute atomic E-state index is 13.8. The quantitative estimate of drug-likeness (QED) is 0.233. The summed E-state index contributed by atoms with van der Waals surface area (Å²) in [5.41, 5.74) is 0.239. The van der Waals surface area contributed by atoms with E-state index in [1.807, 2.05) is 0 Å². The number of ether oxygens (including phenoxy) is 1. The van der Waals surface area contributed by atoms with Crippen LogP contribution in [0.25, 0.3) is 0 Å². The molecule has 0 aromatic heterocycles. The van der Waals surface area contributed by atoms with Crippen molar-refractivity contribution in [2.24, 2.45) is 5.92 Å². The van der Waals surface area contributed by atoms with Crippen LogP contribution in [-0.2, 0) is 24.0 Å². The Morgan fingerprint density at radius 2 is 1.62 bits per heavy atom. The number of amides is 3. The van der Waals surface area contributed by atoms with Crippen molar-refractivity contribution < 1.29 is 51.4 Å². The summed E-state index contributed by atoms with van der Waals surface area (Å²) < 4.78 is 58.9. The van der Waals surface area contributed by atoms with Crippen molar-refractivity contribution in [3.05, 3.63) is 58.6 Å². The Labute approximate surface area is 229 Å². The van der Waals surface area contributed by atoms with E-state index < -0.39 is 83.5 Å². The van der Waals surface area contributed by atoms with Gasteiger partial charge in [0.2, 0.25) is 17.5 Å². The van der Waals surface area contributed by atoms with Crippen LogP contribution in [0.1, 0.15) is 19.3 Å². The average Bonchev–Trinajstić information content (AvgIpc) is 2.92. The van der Waals surface area contributed by atoms with E-state index in [1.165, 1.54) is 17.0 Å². The number of para-hydroxylation sites is 1. The fraction of sp³-hybridized carbons (Fsp3) is 0.320. The number of hydrogen-bond donors (Lipinski definition) is 3. The highest BCUT2D eigenvalue weighted by Gasteiger charge is 2.33. The number of rotatable bonds is 9. The van der Waals surface area contributed by atoms with E-state index in [-0.39, 0.29) is 42.7 Å². The SMILES string of the molecule is O=C(O)C[C@H](NC(=O)C1CCN(C(=O)C(=O)Nc2ccccc2Cl)CC1)C(=O)COc1c(F)c(F)cc(F)c1F. The zero-order valence-electron chi connectivity index (χ0n) is 20.5. The van der Waals surface area contributed by atoms with Crippen molar-refractivity contribution in [1.82, 2.24) is 10.2 Å². The summed E-state index contributed by atoms with van der Waals surface area (Å²) in [4.78, 5) is 62.5. The molecule has 3 amide bonds. The van der Waals surface area contributed by atoms with Crippen LogP contribution < -0.4 is 15.4 Å². The number of benzene rings is 2. The molecule has 2 aromatic rings. The van der Waals surface area contributed by atoms with E-state index in [0.717, 1.165) is 0 Å². The Balaban J connectivity index is 1.56. The number of ketones is 1. The molecule has 1 heterocycles. The highest BCUT2D eigenvalue weighted by atomic mass is 35.5. The van der Waals surface area contributed by atoms with Gasteiger partial charge in [-0.2, -0.15) is 8.78 Å². The van der Waals surface area contributed by atoms with Gasteiger partial charge in [-0.15, -0.1) is 0 Å². The number of hydrogen-bond acceptors (Lipinski definition) is 6. The van der Waals surface area contributed by atoms with Crippen LogP contribution >= 0.6 is 11.6 Å². The number of Topliss-reactive ketones (excluding diaryl/α,β-unsaturated/α-hetero) is 1. The van der Waals surface area contributed by atoms with Crippen molar-refractivity contribution in [2.75, 3.05) is 25.0 Å². The molecule has 1 saturated heterocycles. The van der Waals surface area contributed by atoms with Crippen molar-refractivity contribution in [3.63, 3.8) is 0 Å². The van der Waals surface area contributed by atoms with Crippen molar-refractivity contribution in [3.8, 4) is 5.75 Å². The number of anilines is 1. The van der Waals surface area contributed by atoms with Gasteiger partial charge in [0.25, 0.3) is 0 Å². The molecule has 0 saturated carbocycles. The molecule has 0 aliphatic carbocycles. The molecule has 0 radical (unpaired) electrons. The van der Waals surface area contributed by atoms with Gasteiger partial charge in [0.15, 0.2) is 23.2 Å². The molecule has 1 atom stereocenters. The Morgan fingerprint density at radius 3 is 2.20 bits per heavy atom. The fourth-order valence-corrected chi connectivity index (χ4v) is 4.04. The number of carboxylic acid groups (broad SMARTS) is 1. The molecule has 1 fully saturated rings. The average molecular weight is 588 g/mol. The number of piperidine rings is 1. The zero-order valence-corrected chi connectivity index (χ0v) is 21.3. The smallest absolute Gasteiger partial charge is 0.313 e. The lowest BCUT2D eigenvalue weighted by Gasteiger charge is -2.31. The van der Waals surface area contributed by atoms with Crippen LogP contribution in [-0.4, -0.2) is 65.2 Å². The fourth-order valence-electron chi connectivity index (χ4n) is 3.86. The van der Waals surface area contributed by atoms with Gasteiger partial charge in [0, 0.05) is 25.1 Å². The van der Waals surface area contributed by atoms with Gasteiger partial charge in [-0.1, -0.05) is 23.7 Å². The lowest BCUT2D eigenvalue weighted by Crippen LogP contribution is -2.50. The van der Waals surface area contributed by atoms with Gasteiger partial charge in [0.05, 0.1) is 17.1 Å². The second-order valence-electron chi connectivity index (χ2n) is 8.71. The predicted octanol–water partition coefficient (Wildman–Crippen LogP) is 2.68. The number of halogens is 5. The summed E-state index contributed by atoms with van der Waals surface area (Å²) in [6.45, 7) is -1.21. The van der Waals surface area contributed by atoms with Crippen molar-refractivity contribution in [1.29, 1.82) is 0 Å². The Kier molecular flexibility index (Phi) is 10.0. The lowest BCUT2D eigenvalue weighted by atomic mass is 9.95. The standard InChI is InChI=1S/C25H22ClF4N3O7/c26-13-3-1-2-4-16(13)31-24(38)25(39)33-7-5-12(6-8-33)23(37)32-17(10-19(35)36)18(34)11-40-22-20(29)14(27)9-15(28)21(22)30/h1-4,9,12,17H,5-8,10-11H2,(H,31,38)(H,32,37)(H,35,36)/t17-/m0/s1. The third kappa shape index (κ3) is 7.46. The molecule has 1 aliphatic heterocycles. The third-order valence-electron chi connectivity index (χ3n) is 5.98. The van der Waals surface area contributed by atoms with Gasteiger partial charge in [-0.05, 0) is 25.0 Å². The van der Waals surface area contributed by atoms with E-state index in [2.05, 4.69) is 15.4 Å². The molecule has 1 aliphatic rings. The highest BCUT2D eigenvalue weighted by Crippen LogP contribution is 2.27. The maximum Gasteiger partial charge on any atom is 0.313 e. The van der Waals surface area contributed by atoms with E-state index >= 15 is 0 Å². The van der Waals surface area contributed by atoms with E-state index in [4.69, 9.17) is 16.7 Å². The van der Waals surface area contributed by atoms with Crippen LogP contribution in [0, 0.1) is 29.2 Å². The normalized spacial score (nSPS) is 14.3. The maximum atomic E-state index is 13.8. The van der Waals surface area contributed by atoms with E-state index in [0.29, 0.717) is 0 Å². The summed E-state index contributed by atoms with van der Waals surface area (Å²) in [6.07, 6.45) is -0.781. The minimum Gasteiger partial charge on any atom is -0.481 e. The molecule has 10 nitrogen and oxygen atoms in total. The molecular weight excluding hydrogens is 566 g/mol. The molecule has 3 rings (SSSR count). The lowest BCUT2D eigenvalue weighted by molar-refractivity contribution is -0.145. The van der Waals surface area contributed by atoms with Crippen LogP contribution in [0.15, 0.2) is 30.3 Å². The molecule has 0 unspecified atom stereocenters. The molecule has 214 valence electrons. The largest absolute Gasteiger partial charge is 0.481 e. The van der Waals surface area contributed by atoms with E-state index in [9.17, 15) is 41.5 Å². The van der Waals surface area contributed by atoms with Crippen LogP contribution in [0.4, 0.5) is 23.2 Å². The van der Waals surface area contributed by atoms with Gasteiger partial charge in [0.1, 0.15) is 12.6 Å². The third-order valence-corrected chi connectivity index (χ3v) is 6.31. The number of carbonyl (C=O) groups excluding carboxylic acids is 4. The van der Waals surface area contributed by atoms with Crippen LogP contribution in [0.2, 0.25) is 5.02 Å². The second-order valence-corrected chi connectivity index (χ2v) is 9.12. The van der Waals surface area contributed by atoms with Crippen LogP contribution in [0.3, 0.4) is 0 Å². The first kappa shape index (κ1) is 30.3. The first-order chi connectivity index (χ1) is 18.9. The van der Waals surface area contributed by atoms with Gasteiger partial charge in [-0.25, -0.2) is 8.78 Å². The molecule has 40 heavy (non-hydrogen) atoms. The first-order valence-corrected chi connectivity index (χ1v) is 12.1. The summed E-state index contributed by atoms with van der Waals surface area (Å²) in [5.74, 6) is -14.8. The summed E-state index contributed by atoms with van der Waals surface area (Å²) in [6, 6.07) is 4.53. The molecule has 2 aromatic carbocycles. The number of aliphatic carboxylic acids is 1. The molecular formula is C25H22ClF4N3O7. The molecule has 0 spiro atoms. The predicted molar refractivity (Wildman–Crippen MR) is 130 cm³/mol. The highest BCUT2D eigenvalue weighted by molar-refractivity contribution is 6.41. The van der Waals surface area contributed by atoms with Gasteiger partial charge in [-0.3, -0.25) is 24.0 Å². The molecule has 0 bridgehead atoms. The minimum atomic E-state index is -1.90. The summed E-state index contributed by atoms with van der Waals surface area (Å²) >= 11 is 5.97. The Hall–Kier alpha value is -4.20. The first-order valence-electron chi connectivity index (χ1n) is 11.7. The second kappa shape index (κ2) is 13.2. The molecule has 3 N–H and O–H groups in total. The molecule has 15 heteroatoms. The van der Waals surface area contributed by atoms with E-state index in [1.54, 1.807) is 12.1 Å². The number of likely N-dealkylation sites (tertiary alicyclic amines) is 1.